The number of hydrogen-bond acceptors (Lipinski definition) is 4. The Morgan fingerprint density at radius 1 is 1.04 bits per heavy atom. The largest absolute Gasteiger partial charge is 0.323 e. The fraction of sp³-hybridized carbons (Fsp3) is 0.100. The third-order valence-corrected chi connectivity index (χ3v) is 4.20. The summed E-state index contributed by atoms with van der Waals surface area (Å²) in [7, 11) is 0. The molecule has 0 bridgehead atoms. The molecule has 4 aromatic rings. The molecule has 0 unspecified atom stereocenters. The molecule has 3 heterocycles. The van der Waals surface area contributed by atoms with Crippen LogP contribution in [-0.4, -0.2) is 31.0 Å². The van der Waals surface area contributed by atoms with Gasteiger partial charge in [0.1, 0.15) is 5.69 Å². The third-order valence-electron chi connectivity index (χ3n) is 4.20. The van der Waals surface area contributed by atoms with E-state index >= 15 is 0 Å². The second-order valence-electron chi connectivity index (χ2n) is 6.31. The Kier molecular flexibility index (Phi) is 4.59. The first-order chi connectivity index (χ1) is 13.6. The second kappa shape index (κ2) is 7.36. The van der Waals surface area contributed by atoms with Crippen LogP contribution in [0.4, 0.5) is 16.2 Å². The van der Waals surface area contributed by atoms with E-state index in [9.17, 15) is 4.79 Å². The number of anilines is 2. The Balaban J connectivity index is 1.57. The molecule has 4 rings (SSSR count). The first-order valence-electron chi connectivity index (χ1n) is 8.77. The zero-order chi connectivity index (χ0) is 19.5. The van der Waals surface area contributed by atoms with Crippen molar-refractivity contribution >= 4 is 17.4 Å². The Morgan fingerprint density at radius 3 is 2.57 bits per heavy atom. The number of pyridine rings is 1. The van der Waals surface area contributed by atoms with Gasteiger partial charge in [-0.25, -0.2) is 9.48 Å². The van der Waals surface area contributed by atoms with Crippen molar-refractivity contribution < 1.29 is 4.79 Å². The lowest BCUT2D eigenvalue weighted by Gasteiger charge is -2.13. The van der Waals surface area contributed by atoms with E-state index in [1.807, 2.05) is 67.1 Å². The van der Waals surface area contributed by atoms with Gasteiger partial charge in [0.2, 0.25) is 0 Å². The number of benzene rings is 1. The minimum absolute atomic E-state index is 0.382. The predicted molar refractivity (Wildman–Crippen MR) is 107 cm³/mol. The second-order valence-corrected chi connectivity index (χ2v) is 6.31. The number of rotatable bonds is 4. The van der Waals surface area contributed by atoms with Gasteiger partial charge in [-0.05, 0) is 44.2 Å². The van der Waals surface area contributed by atoms with Crippen LogP contribution in [0.3, 0.4) is 0 Å². The normalized spacial score (nSPS) is 10.6. The average Bonchev–Trinajstić information content (AvgIpc) is 3.28. The van der Waals surface area contributed by atoms with E-state index in [2.05, 4.69) is 30.9 Å². The number of aromatic nitrogens is 5. The topological polar surface area (TPSA) is 101 Å². The van der Waals surface area contributed by atoms with Crippen LogP contribution in [0.25, 0.3) is 17.1 Å². The summed E-state index contributed by atoms with van der Waals surface area (Å²) in [6, 6.07) is 14.7. The van der Waals surface area contributed by atoms with Crippen LogP contribution >= 0.6 is 0 Å². The van der Waals surface area contributed by atoms with Crippen LogP contribution in [0, 0.1) is 13.8 Å². The highest BCUT2D eigenvalue weighted by Crippen LogP contribution is 2.25. The lowest BCUT2D eigenvalue weighted by molar-refractivity contribution is 0.262. The van der Waals surface area contributed by atoms with Gasteiger partial charge in [-0.2, -0.15) is 10.2 Å². The maximum absolute atomic E-state index is 12.6. The van der Waals surface area contributed by atoms with Gasteiger partial charge in [-0.1, -0.05) is 18.2 Å². The number of carbonyl (C=O) groups is 1. The fourth-order valence-electron chi connectivity index (χ4n) is 3.00. The van der Waals surface area contributed by atoms with E-state index < -0.39 is 0 Å². The van der Waals surface area contributed by atoms with E-state index in [-0.39, 0.29) is 6.03 Å². The van der Waals surface area contributed by atoms with Crippen LogP contribution in [0.15, 0.2) is 60.9 Å². The van der Waals surface area contributed by atoms with Crippen molar-refractivity contribution in [2.24, 2.45) is 0 Å². The molecule has 0 spiro atoms. The number of nitrogens with zero attached hydrogens (tertiary/aromatic N) is 4. The Hall–Kier alpha value is -3.94. The number of urea groups is 1. The number of hydrogen-bond donors (Lipinski definition) is 3. The molecule has 0 radical (unpaired) electrons. The number of carbonyl (C=O) groups excluding carboxylic acids is 1. The van der Waals surface area contributed by atoms with Crippen molar-refractivity contribution in [1.82, 2.24) is 25.0 Å². The molecule has 8 nitrogen and oxygen atoms in total. The molecule has 3 aromatic heterocycles. The maximum atomic E-state index is 12.6. The first kappa shape index (κ1) is 17.5. The van der Waals surface area contributed by atoms with Crippen LogP contribution in [0.5, 0.6) is 0 Å². The lowest BCUT2D eigenvalue weighted by atomic mass is 10.2. The molecule has 0 saturated carbocycles. The van der Waals surface area contributed by atoms with Crippen LogP contribution < -0.4 is 10.6 Å². The van der Waals surface area contributed by atoms with E-state index in [0.717, 1.165) is 17.1 Å². The molecule has 3 N–H and O–H groups in total. The number of para-hydroxylation sites is 2. The molecule has 8 heteroatoms. The zero-order valence-corrected chi connectivity index (χ0v) is 15.5. The number of aryl methyl sites for hydroxylation is 2. The number of amides is 2. The van der Waals surface area contributed by atoms with Gasteiger partial charge < -0.3 is 10.6 Å². The van der Waals surface area contributed by atoms with Gasteiger partial charge in [0, 0.05) is 11.9 Å². The smallest absolute Gasteiger partial charge is 0.306 e. The van der Waals surface area contributed by atoms with Gasteiger partial charge >= 0.3 is 6.03 Å². The molecular weight excluding hydrogens is 354 g/mol. The zero-order valence-electron chi connectivity index (χ0n) is 15.5. The molecule has 1 aromatic carbocycles. The number of H-pyrrole nitrogens is 1. The van der Waals surface area contributed by atoms with E-state index in [1.165, 1.54) is 0 Å². The standard InChI is InChI=1S/C20H19N7O/c1-13-11-14(2)27(26-13)18-9-4-3-7-15(18)23-20(28)24-17-12-22-25-19(17)16-8-5-6-10-21-16/h3-12H,1-2H3,(H,22,25)(H2,23,24,28). The first-order valence-corrected chi connectivity index (χ1v) is 8.77. The van der Waals surface area contributed by atoms with E-state index in [1.54, 1.807) is 12.4 Å². The Morgan fingerprint density at radius 2 is 1.82 bits per heavy atom. The van der Waals surface area contributed by atoms with Crippen LogP contribution in [0.1, 0.15) is 11.4 Å². The minimum Gasteiger partial charge on any atom is -0.306 e. The summed E-state index contributed by atoms with van der Waals surface area (Å²) >= 11 is 0. The number of nitrogens with one attached hydrogen (secondary N) is 3. The van der Waals surface area contributed by atoms with E-state index in [0.29, 0.717) is 22.8 Å². The summed E-state index contributed by atoms with van der Waals surface area (Å²) in [4.78, 5) is 16.9. The van der Waals surface area contributed by atoms with Gasteiger partial charge in [-0.15, -0.1) is 0 Å². The van der Waals surface area contributed by atoms with Gasteiger partial charge in [-0.3, -0.25) is 10.1 Å². The van der Waals surface area contributed by atoms with Crippen molar-refractivity contribution in [3.8, 4) is 17.1 Å². The summed E-state index contributed by atoms with van der Waals surface area (Å²) in [6.45, 7) is 3.91. The highest BCUT2D eigenvalue weighted by molar-refractivity contribution is 6.02. The fourth-order valence-corrected chi connectivity index (χ4v) is 3.00. The molecule has 0 atom stereocenters. The van der Waals surface area contributed by atoms with Crippen LogP contribution in [0.2, 0.25) is 0 Å². The summed E-state index contributed by atoms with van der Waals surface area (Å²) in [5.74, 6) is 0. The molecule has 0 aliphatic carbocycles. The van der Waals surface area contributed by atoms with Crippen molar-refractivity contribution in [3.63, 3.8) is 0 Å². The van der Waals surface area contributed by atoms with E-state index in [4.69, 9.17) is 0 Å². The van der Waals surface area contributed by atoms with Crippen molar-refractivity contribution in [2.45, 2.75) is 13.8 Å². The predicted octanol–water partition coefficient (Wildman–Crippen LogP) is 3.92. The molecule has 0 saturated heterocycles. The Bertz CT molecular complexity index is 1110. The Labute approximate surface area is 161 Å². The van der Waals surface area contributed by atoms with Crippen molar-refractivity contribution in [2.75, 3.05) is 10.6 Å². The molecule has 140 valence electrons. The molecule has 0 aliphatic heterocycles. The highest BCUT2D eigenvalue weighted by Gasteiger charge is 2.14. The highest BCUT2D eigenvalue weighted by atomic mass is 16.2. The molecule has 2 amide bonds. The summed E-state index contributed by atoms with van der Waals surface area (Å²) in [6.07, 6.45) is 3.24. The monoisotopic (exact) mass is 373 g/mol. The summed E-state index contributed by atoms with van der Waals surface area (Å²) < 4.78 is 1.81. The maximum Gasteiger partial charge on any atom is 0.323 e. The van der Waals surface area contributed by atoms with Gasteiger partial charge in [0.05, 0.1) is 34.6 Å². The molecular formula is C20H19N7O. The summed E-state index contributed by atoms with van der Waals surface area (Å²) in [5.41, 5.74) is 5.21. The van der Waals surface area contributed by atoms with Crippen molar-refractivity contribution in [1.29, 1.82) is 0 Å². The minimum atomic E-state index is -0.382. The van der Waals surface area contributed by atoms with Gasteiger partial charge in [0.15, 0.2) is 0 Å². The van der Waals surface area contributed by atoms with Crippen LogP contribution in [-0.2, 0) is 0 Å². The molecule has 0 aliphatic rings. The summed E-state index contributed by atoms with van der Waals surface area (Å²) in [5, 5.41) is 17.1. The third kappa shape index (κ3) is 3.48. The molecule has 0 fully saturated rings. The van der Waals surface area contributed by atoms with Crippen molar-refractivity contribution in [3.05, 3.63) is 72.3 Å². The van der Waals surface area contributed by atoms with Gasteiger partial charge in [0.25, 0.3) is 0 Å². The molecule has 28 heavy (non-hydrogen) atoms. The number of aromatic amines is 1. The SMILES string of the molecule is Cc1cc(C)n(-c2ccccc2NC(=O)Nc2cn[nH]c2-c2ccccn2)n1. The lowest BCUT2D eigenvalue weighted by Crippen LogP contribution is -2.21. The quantitative estimate of drug-likeness (QED) is 0.505. The average molecular weight is 373 g/mol.